The molecular weight excluding hydrogens is 361 g/mol. The first-order valence-corrected chi connectivity index (χ1v) is 0. The molecule has 0 aromatic carbocycles. The molecule has 4 heteroatoms. The third kappa shape index (κ3) is 8.82. The second-order valence-corrected chi connectivity index (χ2v) is 0. The predicted octanol–water partition coefficient (Wildman–Crippen LogP) is -1.19. The fourth-order valence-corrected chi connectivity index (χ4v) is 0. The summed E-state index contributed by atoms with van der Waals surface area (Å²) >= 11 is 0. The van der Waals surface area contributed by atoms with E-state index in [0.29, 0.717) is 0 Å². The van der Waals surface area contributed by atoms with Gasteiger partial charge in [0.15, 0.2) is 17.4 Å². The van der Waals surface area contributed by atoms with Crippen LogP contribution in [0.2, 0.25) is 0 Å². The van der Waals surface area contributed by atoms with Gasteiger partial charge in [0.1, 0.15) is 0 Å². The van der Waals surface area contributed by atoms with Crippen LogP contribution in [0.5, 0.6) is 0 Å². The Hall–Kier alpha value is 2.60. The molecule has 0 saturated carbocycles. The van der Waals surface area contributed by atoms with E-state index in [4.69, 9.17) is 0 Å². The van der Waals surface area contributed by atoms with Gasteiger partial charge in [-0.05, 0) is 0 Å². The standard InChI is InChI=1S/Al.Ni.W.Zr.3H. The summed E-state index contributed by atoms with van der Waals surface area (Å²) in [7, 11) is 0. The van der Waals surface area contributed by atoms with E-state index in [1.807, 2.05) is 0 Å². The maximum atomic E-state index is 0. The normalized spacial score (nSPS) is 0. The predicted molar refractivity (Wildman–Crippen MR) is 9.94 cm³/mol. The molecule has 0 N–H and O–H groups in total. The molecule has 0 nitrogen and oxygen atoms in total. The smallest absolute Gasteiger partial charge is 0 e. The van der Waals surface area contributed by atoms with Crippen molar-refractivity contribution in [2.24, 2.45) is 0 Å². The average Bonchev–Trinajstić information content (AvgIpc) is 0. The molecule has 0 spiro atoms. The van der Waals surface area contributed by atoms with Crippen LogP contribution in [0.3, 0.4) is 0 Å². The van der Waals surface area contributed by atoms with Crippen molar-refractivity contribution in [3.8, 4) is 0 Å². The topological polar surface area (TPSA) is 0 Å². The quantitative estimate of drug-likeness (QED) is 0.475. The third-order valence-corrected chi connectivity index (χ3v) is 0. The Bertz CT molecular complexity index is 8.00. The Morgan fingerprint density at radius 2 is 1.00 bits per heavy atom. The van der Waals surface area contributed by atoms with Gasteiger partial charge >= 0.3 is 0 Å². The zero-order valence-electron chi connectivity index (χ0n) is 1.22. The van der Waals surface area contributed by atoms with Crippen LogP contribution in [0.15, 0.2) is 0 Å². The molecule has 0 aromatic heterocycles. The van der Waals surface area contributed by atoms with Crippen LogP contribution < -0.4 is 0 Å². The van der Waals surface area contributed by atoms with Crippen molar-refractivity contribution < 1.29 is 63.8 Å². The first kappa shape index (κ1) is 30.6. The van der Waals surface area contributed by atoms with Crippen molar-refractivity contribution in [3.63, 3.8) is 0 Å². The summed E-state index contributed by atoms with van der Waals surface area (Å²) in [4.78, 5) is 0. The van der Waals surface area contributed by atoms with E-state index in [-0.39, 0.29) is 81.1 Å². The van der Waals surface area contributed by atoms with E-state index in [1.165, 1.54) is 0 Å². The van der Waals surface area contributed by atoms with Crippen LogP contribution in [0.25, 0.3) is 0 Å². The maximum absolute atomic E-state index is 0. The molecule has 4 heavy (non-hydrogen) atoms. The first-order valence-electron chi connectivity index (χ1n) is 0. The van der Waals surface area contributed by atoms with Crippen LogP contribution in [-0.4, -0.2) is 17.4 Å². The molecule has 0 unspecified atom stereocenters. The molecule has 0 aliphatic rings. The molecule has 0 saturated heterocycles. The molecule has 0 atom stereocenters. The molecule has 0 aliphatic carbocycles. The van der Waals surface area contributed by atoms with Crippen LogP contribution in [0.4, 0.5) is 0 Å². The molecule has 0 bridgehead atoms. The van der Waals surface area contributed by atoms with Gasteiger partial charge < -0.3 is 0 Å². The molecule has 0 amide bonds. The molecule has 0 aromatic rings. The second kappa shape index (κ2) is 17.5. The first-order chi connectivity index (χ1) is 0. The third-order valence-electron chi connectivity index (χ3n) is 0. The van der Waals surface area contributed by atoms with E-state index in [2.05, 4.69) is 0 Å². The summed E-state index contributed by atoms with van der Waals surface area (Å²) in [6.07, 6.45) is 0. The monoisotopic (exact) mass is 362 g/mol. The van der Waals surface area contributed by atoms with Crippen molar-refractivity contribution in [1.29, 1.82) is 0 Å². The zero-order chi connectivity index (χ0) is 0. The molecular formula is H3AlNiWZr. The Morgan fingerprint density at radius 3 is 1.00 bits per heavy atom. The largest absolute Gasteiger partial charge is 0.187 e. The van der Waals surface area contributed by atoms with Crippen LogP contribution in [-0.2, 0) is 63.8 Å². The van der Waals surface area contributed by atoms with Gasteiger partial charge in [0.25, 0.3) is 0 Å². The van der Waals surface area contributed by atoms with Gasteiger partial charge in [0.2, 0.25) is 0 Å². The van der Waals surface area contributed by atoms with E-state index < -0.39 is 0 Å². The number of hydrogen-bond donors (Lipinski definition) is 0. The Morgan fingerprint density at radius 1 is 1.00 bits per heavy atom. The zero-order valence-corrected chi connectivity index (χ0v) is 7.60. The Labute approximate surface area is 79.9 Å². The summed E-state index contributed by atoms with van der Waals surface area (Å²) in [5, 5.41) is 0. The second-order valence-electron chi connectivity index (χ2n) is 0. The van der Waals surface area contributed by atoms with E-state index in [9.17, 15) is 0 Å². The van der Waals surface area contributed by atoms with Crippen molar-refractivity contribution in [3.05, 3.63) is 0 Å². The van der Waals surface area contributed by atoms with E-state index >= 15 is 0 Å². The Kier molecular flexibility index (Phi) is 134. The van der Waals surface area contributed by atoms with Gasteiger partial charge in [-0.15, -0.1) is 0 Å². The molecule has 26 valence electrons. The number of rotatable bonds is 0. The fraction of sp³-hybridized carbons (Fsp3) is 0. The summed E-state index contributed by atoms with van der Waals surface area (Å²) < 4.78 is 0. The maximum Gasteiger partial charge on any atom is 0.187 e. The summed E-state index contributed by atoms with van der Waals surface area (Å²) in [6, 6.07) is 0. The summed E-state index contributed by atoms with van der Waals surface area (Å²) in [5.74, 6) is 0. The van der Waals surface area contributed by atoms with Crippen molar-refractivity contribution in [2.75, 3.05) is 0 Å². The summed E-state index contributed by atoms with van der Waals surface area (Å²) in [6.45, 7) is 0. The molecule has 0 aliphatic heterocycles. The number of hydrogen-bond acceptors (Lipinski definition) is 0. The molecule has 0 radical (unpaired) electrons. The van der Waals surface area contributed by atoms with Crippen LogP contribution >= 0.6 is 0 Å². The summed E-state index contributed by atoms with van der Waals surface area (Å²) in [5.41, 5.74) is 0. The minimum absolute atomic E-state index is 0. The molecule has 0 rings (SSSR count). The average molecular weight is 364 g/mol. The molecule has 0 heterocycles. The molecule has 0 fully saturated rings. The van der Waals surface area contributed by atoms with Gasteiger partial charge in [0, 0.05) is 63.8 Å². The van der Waals surface area contributed by atoms with Gasteiger partial charge in [0.05, 0.1) is 0 Å². The van der Waals surface area contributed by atoms with Crippen LogP contribution in [0, 0.1) is 0 Å². The SMILES string of the molecule is [AlH3].[Ni].[W].[Zr]. The van der Waals surface area contributed by atoms with E-state index in [1.54, 1.807) is 0 Å². The van der Waals surface area contributed by atoms with Crippen LogP contribution in [0.1, 0.15) is 0 Å². The van der Waals surface area contributed by atoms with E-state index in [0.717, 1.165) is 0 Å². The minimum atomic E-state index is 0. The van der Waals surface area contributed by atoms with Crippen molar-refractivity contribution in [2.45, 2.75) is 0 Å². The van der Waals surface area contributed by atoms with Crippen molar-refractivity contribution >= 4 is 17.4 Å². The van der Waals surface area contributed by atoms with Gasteiger partial charge in [-0.1, -0.05) is 0 Å². The van der Waals surface area contributed by atoms with Gasteiger partial charge in [-0.25, -0.2) is 0 Å². The van der Waals surface area contributed by atoms with Gasteiger partial charge in [-0.2, -0.15) is 0 Å². The fourth-order valence-electron chi connectivity index (χ4n) is 0. The van der Waals surface area contributed by atoms with Gasteiger partial charge in [-0.3, -0.25) is 0 Å². The minimum Gasteiger partial charge on any atom is 0 e. The Balaban J connectivity index is 0. The van der Waals surface area contributed by atoms with Crippen molar-refractivity contribution in [1.82, 2.24) is 0 Å².